The molecule has 1 saturated heterocycles. The van der Waals surface area contributed by atoms with E-state index < -0.39 is 0 Å². The lowest BCUT2D eigenvalue weighted by molar-refractivity contribution is -0.146. The first-order valence-electron chi connectivity index (χ1n) is 5.69. The maximum atomic E-state index is 11.9. The molecule has 0 radical (unpaired) electrons. The molecule has 1 aromatic rings. The lowest BCUT2D eigenvalue weighted by atomic mass is 10.0. The molecular weight excluding hydrogens is 298 g/mol. The Morgan fingerprint density at radius 3 is 2.83 bits per heavy atom. The number of carbonyl (C=O) groups is 2. The van der Waals surface area contributed by atoms with Gasteiger partial charge in [-0.1, -0.05) is 0 Å². The molecule has 2 heterocycles. The van der Waals surface area contributed by atoms with E-state index in [0.717, 1.165) is 10.2 Å². The van der Waals surface area contributed by atoms with E-state index in [0.29, 0.717) is 18.7 Å². The highest BCUT2D eigenvalue weighted by molar-refractivity contribution is 9.10. The molecule has 0 aromatic carbocycles. The highest BCUT2D eigenvalue weighted by Gasteiger charge is 2.31. The first-order valence-corrected chi connectivity index (χ1v) is 6.48. The fraction of sp³-hybridized carbons (Fsp3) is 0.417. The van der Waals surface area contributed by atoms with Gasteiger partial charge in [0, 0.05) is 17.9 Å². The largest absolute Gasteiger partial charge is 0.358 e. The van der Waals surface area contributed by atoms with Gasteiger partial charge in [-0.05, 0) is 41.4 Å². The number of likely N-dealkylation sites (tertiary alicyclic amines) is 1. The van der Waals surface area contributed by atoms with Crippen LogP contribution in [0.25, 0.3) is 0 Å². The third-order valence-electron chi connectivity index (χ3n) is 2.99. The molecule has 1 unspecified atom stereocenters. The molecule has 0 spiro atoms. The van der Waals surface area contributed by atoms with Crippen molar-refractivity contribution in [3.05, 3.63) is 22.3 Å². The molecule has 6 heteroatoms. The Balaban J connectivity index is 2.11. The smallest absolute Gasteiger partial charge is 0.251 e. The normalized spacial score (nSPS) is 20.2. The van der Waals surface area contributed by atoms with Gasteiger partial charge in [0.25, 0.3) is 5.91 Å². The van der Waals surface area contributed by atoms with E-state index in [1.165, 1.54) is 11.9 Å². The van der Waals surface area contributed by atoms with Crippen LogP contribution < -0.4 is 5.32 Å². The van der Waals surface area contributed by atoms with E-state index in [4.69, 9.17) is 0 Å². The minimum Gasteiger partial charge on any atom is -0.358 e. The van der Waals surface area contributed by atoms with Crippen LogP contribution in [-0.4, -0.2) is 34.8 Å². The van der Waals surface area contributed by atoms with Gasteiger partial charge in [0.05, 0.1) is 5.69 Å². The van der Waals surface area contributed by atoms with Gasteiger partial charge in [0.1, 0.15) is 11.9 Å². The summed E-state index contributed by atoms with van der Waals surface area (Å²) in [6.45, 7) is 1.88. The minimum atomic E-state index is -0.374. The van der Waals surface area contributed by atoms with Crippen LogP contribution in [0.4, 0.5) is 5.82 Å². The molecule has 5 nitrogen and oxygen atoms in total. The number of amides is 2. The van der Waals surface area contributed by atoms with Crippen LogP contribution in [0, 0.1) is 6.92 Å². The molecule has 2 rings (SSSR count). The van der Waals surface area contributed by atoms with Gasteiger partial charge in [0.15, 0.2) is 0 Å². The van der Waals surface area contributed by atoms with E-state index in [-0.39, 0.29) is 17.9 Å². The number of piperidine rings is 1. The Morgan fingerprint density at radius 2 is 2.17 bits per heavy atom. The monoisotopic (exact) mass is 311 g/mol. The summed E-state index contributed by atoms with van der Waals surface area (Å²) in [5.41, 5.74) is 0.854. The quantitative estimate of drug-likeness (QED) is 0.845. The van der Waals surface area contributed by atoms with Crippen LogP contribution in [0.2, 0.25) is 0 Å². The summed E-state index contributed by atoms with van der Waals surface area (Å²) < 4.78 is 0.926. The van der Waals surface area contributed by atoms with Crippen molar-refractivity contribution in [2.75, 3.05) is 12.4 Å². The Bertz CT molecular complexity index is 504. The number of nitrogens with one attached hydrogen (secondary N) is 1. The third-order valence-corrected chi connectivity index (χ3v) is 3.83. The topological polar surface area (TPSA) is 62.3 Å². The van der Waals surface area contributed by atoms with Crippen molar-refractivity contribution in [2.45, 2.75) is 25.8 Å². The van der Waals surface area contributed by atoms with Crippen LogP contribution in [0.5, 0.6) is 0 Å². The number of nitrogens with zero attached hydrogens (tertiary/aromatic N) is 2. The van der Waals surface area contributed by atoms with Crippen molar-refractivity contribution in [2.24, 2.45) is 0 Å². The number of halogens is 1. The van der Waals surface area contributed by atoms with Crippen LogP contribution in [-0.2, 0) is 9.59 Å². The molecule has 1 aliphatic rings. The summed E-state index contributed by atoms with van der Waals surface area (Å²) in [7, 11) is 1.51. The second-order valence-corrected chi connectivity index (χ2v) is 5.14. The number of hydrogen-bond donors (Lipinski definition) is 1. The number of anilines is 1. The van der Waals surface area contributed by atoms with Crippen molar-refractivity contribution in [3.8, 4) is 0 Å². The van der Waals surface area contributed by atoms with E-state index in [1.807, 2.05) is 13.0 Å². The predicted molar refractivity (Wildman–Crippen MR) is 71.1 cm³/mol. The molecular formula is C12H14BrN3O2. The third kappa shape index (κ3) is 2.53. The number of aryl methyl sites for hydroxylation is 1. The van der Waals surface area contributed by atoms with E-state index in [1.54, 1.807) is 6.07 Å². The Morgan fingerprint density at radius 1 is 1.44 bits per heavy atom. The Hall–Kier alpha value is -1.43. The minimum absolute atomic E-state index is 0.127. The van der Waals surface area contributed by atoms with Gasteiger partial charge in [-0.2, -0.15) is 0 Å². The molecule has 0 aliphatic carbocycles. The first kappa shape index (κ1) is 13.0. The number of pyridine rings is 1. The zero-order valence-corrected chi connectivity index (χ0v) is 11.8. The van der Waals surface area contributed by atoms with Crippen molar-refractivity contribution in [1.82, 2.24) is 9.88 Å². The molecule has 1 atom stereocenters. The van der Waals surface area contributed by atoms with Crippen LogP contribution in [0.3, 0.4) is 0 Å². The van der Waals surface area contributed by atoms with Gasteiger partial charge in [-0.3, -0.25) is 14.5 Å². The summed E-state index contributed by atoms with van der Waals surface area (Å²) in [6.07, 6.45) is 0.897. The fourth-order valence-electron chi connectivity index (χ4n) is 1.85. The lowest BCUT2D eigenvalue weighted by Gasteiger charge is -2.28. The highest BCUT2D eigenvalue weighted by Crippen LogP contribution is 2.19. The number of rotatable bonds is 2. The van der Waals surface area contributed by atoms with Crippen molar-refractivity contribution in [3.63, 3.8) is 0 Å². The predicted octanol–water partition coefficient (Wildman–Crippen LogP) is 1.71. The number of carbonyl (C=O) groups excluding carboxylic acids is 2. The summed E-state index contributed by atoms with van der Waals surface area (Å²) in [6, 6.07) is 3.31. The number of likely N-dealkylation sites (N-methyl/N-ethyl adjacent to an activating group) is 1. The number of aromatic nitrogens is 1. The van der Waals surface area contributed by atoms with Crippen molar-refractivity contribution >= 4 is 33.6 Å². The van der Waals surface area contributed by atoms with Crippen LogP contribution in [0.1, 0.15) is 18.5 Å². The van der Waals surface area contributed by atoms with Crippen molar-refractivity contribution < 1.29 is 9.59 Å². The maximum Gasteiger partial charge on any atom is 0.251 e. The average Bonchev–Trinajstić information content (AvgIpc) is 2.34. The molecule has 2 amide bonds. The Kier molecular flexibility index (Phi) is 3.65. The van der Waals surface area contributed by atoms with E-state index in [2.05, 4.69) is 26.2 Å². The molecule has 1 aliphatic heterocycles. The van der Waals surface area contributed by atoms with Gasteiger partial charge in [-0.15, -0.1) is 0 Å². The van der Waals surface area contributed by atoms with Gasteiger partial charge < -0.3 is 5.32 Å². The molecule has 1 N–H and O–H groups in total. The SMILES string of the molecule is Cc1nc(NC2CCC(=O)N(C)C2=O)ccc1Br. The molecule has 18 heavy (non-hydrogen) atoms. The van der Waals surface area contributed by atoms with E-state index >= 15 is 0 Å². The molecule has 96 valence electrons. The lowest BCUT2D eigenvalue weighted by Crippen LogP contribution is -2.48. The summed E-state index contributed by atoms with van der Waals surface area (Å²) in [4.78, 5) is 28.8. The zero-order valence-electron chi connectivity index (χ0n) is 10.2. The number of imide groups is 1. The van der Waals surface area contributed by atoms with Gasteiger partial charge in [-0.25, -0.2) is 4.98 Å². The standard InChI is InChI=1S/C12H14BrN3O2/c1-7-8(13)3-5-10(14-7)15-9-4-6-11(17)16(2)12(9)18/h3,5,9H,4,6H2,1-2H3,(H,14,15). The molecule has 0 bridgehead atoms. The average molecular weight is 312 g/mol. The highest BCUT2D eigenvalue weighted by atomic mass is 79.9. The summed E-state index contributed by atoms with van der Waals surface area (Å²) in [5, 5.41) is 3.07. The number of hydrogen-bond acceptors (Lipinski definition) is 4. The Labute approximate surface area is 114 Å². The zero-order chi connectivity index (χ0) is 13.3. The maximum absolute atomic E-state index is 11.9. The molecule has 1 aromatic heterocycles. The van der Waals surface area contributed by atoms with Gasteiger partial charge >= 0.3 is 0 Å². The van der Waals surface area contributed by atoms with E-state index in [9.17, 15) is 9.59 Å². The molecule has 0 saturated carbocycles. The second kappa shape index (κ2) is 5.06. The van der Waals surface area contributed by atoms with Crippen LogP contribution >= 0.6 is 15.9 Å². The second-order valence-electron chi connectivity index (χ2n) is 4.29. The van der Waals surface area contributed by atoms with Crippen LogP contribution in [0.15, 0.2) is 16.6 Å². The summed E-state index contributed by atoms with van der Waals surface area (Å²) in [5.74, 6) is 0.323. The van der Waals surface area contributed by atoms with Gasteiger partial charge in [0.2, 0.25) is 5.91 Å². The first-order chi connectivity index (χ1) is 8.49. The van der Waals surface area contributed by atoms with Crippen molar-refractivity contribution in [1.29, 1.82) is 0 Å². The molecule has 1 fully saturated rings. The summed E-state index contributed by atoms with van der Waals surface area (Å²) >= 11 is 3.37. The fourth-order valence-corrected chi connectivity index (χ4v) is 2.07.